The molecule has 2 rings (SSSR count). The zero-order chi connectivity index (χ0) is 6.81. The third-order valence-corrected chi connectivity index (χ3v) is 3.26. The maximum atomic E-state index is 5.61. The van der Waals surface area contributed by atoms with Crippen LogP contribution in [0.2, 0.25) is 0 Å². The molecule has 2 aliphatic heterocycles. The Morgan fingerprint density at radius 1 is 1.50 bits per heavy atom. The second kappa shape index (κ2) is 3.11. The van der Waals surface area contributed by atoms with Crippen molar-refractivity contribution < 1.29 is 4.74 Å². The van der Waals surface area contributed by atoms with E-state index in [0.29, 0.717) is 12.1 Å². The molecule has 2 heterocycles. The number of ether oxygens (including phenoxy) is 1. The predicted molar refractivity (Wildman–Crippen MR) is 43.5 cm³/mol. The second-order valence-electron chi connectivity index (χ2n) is 2.85. The molecule has 2 unspecified atom stereocenters. The van der Waals surface area contributed by atoms with Crippen molar-refractivity contribution in [3.8, 4) is 0 Å². The normalized spacial score (nSPS) is 40.8. The van der Waals surface area contributed by atoms with Crippen molar-refractivity contribution >= 4 is 11.8 Å². The molecule has 2 saturated heterocycles. The van der Waals surface area contributed by atoms with E-state index in [9.17, 15) is 0 Å². The van der Waals surface area contributed by atoms with E-state index in [1.165, 1.54) is 17.9 Å². The molecule has 58 valence electrons. The second-order valence-corrected chi connectivity index (χ2v) is 4.00. The summed E-state index contributed by atoms with van der Waals surface area (Å²) in [5.41, 5.74) is 0. The van der Waals surface area contributed by atoms with E-state index in [-0.39, 0.29) is 0 Å². The monoisotopic (exact) mass is 159 g/mol. The van der Waals surface area contributed by atoms with Gasteiger partial charge in [0.2, 0.25) is 0 Å². The minimum Gasteiger partial charge on any atom is -0.375 e. The molecule has 2 nitrogen and oxygen atoms in total. The summed E-state index contributed by atoms with van der Waals surface area (Å²) in [6.07, 6.45) is 1.77. The quantitative estimate of drug-likeness (QED) is 0.555. The first-order chi connectivity index (χ1) is 4.97. The third kappa shape index (κ3) is 1.31. The fourth-order valence-corrected chi connectivity index (χ4v) is 2.40. The minimum atomic E-state index is 0.535. The molecule has 2 fully saturated rings. The zero-order valence-corrected chi connectivity index (χ0v) is 6.82. The first-order valence-electron chi connectivity index (χ1n) is 3.89. The minimum absolute atomic E-state index is 0.535. The Morgan fingerprint density at radius 2 is 2.50 bits per heavy atom. The highest BCUT2D eigenvalue weighted by Crippen LogP contribution is 2.18. The van der Waals surface area contributed by atoms with Crippen molar-refractivity contribution in [3.63, 3.8) is 0 Å². The molecule has 0 aromatic carbocycles. The molecular weight excluding hydrogens is 146 g/mol. The molecular formula is C7H13NOS. The number of fused-ring (bicyclic) bond motifs is 1. The maximum absolute atomic E-state index is 5.61. The van der Waals surface area contributed by atoms with Crippen LogP contribution in [0.25, 0.3) is 0 Å². The van der Waals surface area contributed by atoms with Crippen molar-refractivity contribution in [2.45, 2.75) is 18.6 Å². The van der Waals surface area contributed by atoms with Crippen LogP contribution in [0.5, 0.6) is 0 Å². The first kappa shape index (κ1) is 6.95. The van der Waals surface area contributed by atoms with Crippen molar-refractivity contribution in [2.75, 3.05) is 24.7 Å². The fraction of sp³-hybridized carbons (Fsp3) is 1.00. The molecule has 1 N–H and O–H groups in total. The van der Waals surface area contributed by atoms with Gasteiger partial charge in [0.15, 0.2) is 0 Å². The van der Waals surface area contributed by atoms with Crippen LogP contribution in [-0.2, 0) is 4.74 Å². The van der Waals surface area contributed by atoms with Crippen LogP contribution in [0.15, 0.2) is 0 Å². The van der Waals surface area contributed by atoms with E-state index >= 15 is 0 Å². The number of nitrogens with one attached hydrogen (secondary N) is 1. The number of hydrogen-bond donors (Lipinski definition) is 1. The van der Waals surface area contributed by atoms with Crippen molar-refractivity contribution in [1.29, 1.82) is 0 Å². The number of hydrogen-bond acceptors (Lipinski definition) is 3. The Labute approximate surface area is 65.7 Å². The Balaban J connectivity index is 1.83. The molecule has 0 radical (unpaired) electrons. The average molecular weight is 159 g/mol. The summed E-state index contributed by atoms with van der Waals surface area (Å²) in [6, 6.07) is 0.658. The highest BCUT2D eigenvalue weighted by atomic mass is 32.2. The standard InChI is InChI=1S/C7H13NOS/c1-2-9-7-4-8-6(7)5-10-3-1/h6-8H,1-5H2. The molecule has 2 atom stereocenters. The summed E-state index contributed by atoms with van der Waals surface area (Å²) < 4.78 is 5.61. The molecule has 0 bridgehead atoms. The van der Waals surface area contributed by atoms with Gasteiger partial charge in [0.1, 0.15) is 0 Å². The van der Waals surface area contributed by atoms with Crippen LogP contribution in [0.4, 0.5) is 0 Å². The van der Waals surface area contributed by atoms with Crippen LogP contribution in [0.3, 0.4) is 0 Å². The van der Waals surface area contributed by atoms with Gasteiger partial charge in [-0.05, 0) is 12.2 Å². The lowest BCUT2D eigenvalue weighted by Crippen LogP contribution is -2.60. The maximum Gasteiger partial charge on any atom is 0.0860 e. The van der Waals surface area contributed by atoms with Crippen LogP contribution in [0, 0.1) is 0 Å². The Hall–Kier alpha value is 0.270. The Morgan fingerprint density at radius 3 is 3.30 bits per heavy atom. The zero-order valence-electron chi connectivity index (χ0n) is 6.01. The summed E-state index contributed by atoms with van der Waals surface area (Å²) in [5, 5.41) is 3.37. The van der Waals surface area contributed by atoms with Gasteiger partial charge in [0, 0.05) is 24.9 Å². The smallest absolute Gasteiger partial charge is 0.0860 e. The van der Waals surface area contributed by atoms with Gasteiger partial charge in [-0.15, -0.1) is 0 Å². The van der Waals surface area contributed by atoms with Gasteiger partial charge in [0.25, 0.3) is 0 Å². The summed E-state index contributed by atoms with van der Waals surface area (Å²) in [4.78, 5) is 0. The van der Waals surface area contributed by atoms with Gasteiger partial charge in [-0.25, -0.2) is 0 Å². The largest absolute Gasteiger partial charge is 0.375 e. The van der Waals surface area contributed by atoms with Crippen LogP contribution >= 0.6 is 11.8 Å². The lowest BCUT2D eigenvalue weighted by atomic mass is 10.1. The van der Waals surface area contributed by atoms with Gasteiger partial charge in [-0.1, -0.05) is 0 Å². The molecule has 0 spiro atoms. The van der Waals surface area contributed by atoms with E-state index < -0.39 is 0 Å². The van der Waals surface area contributed by atoms with Crippen molar-refractivity contribution in [2.24, 2.45) is 0 Å². The van der Waals surface area contributed by atoms with Crippen molar-refractivity contribution in [3.05, 3.63) is 0 Å². The van der Waals surface area contributed by atoms with Gasteiger partial charge in [-0.3, -0.25) is 0 Å². The highest BCUT2D eigenvalue weighted by molar-refractivity contribution is 7.99. The van der Waals surface area contributed by atoms with Crippen molar-refractivity contribution in [1.82, 2.24) is 5.32 Å². The van der Waals surface area contributed by atoms with Gasteiger partial charge < -0.3 is 10.1 Å². The third-order valence-electron chi connectivity index (χ3n) is 2.09. The first-order valence-corrected chi connectivity index (χ1v) is 5.05. The van der Waals surface area contributed by atoms with Crippen LogP contribution < -0.4 is 5.32 Å². The van der Waals surface area contributed by atoms with E-state index in [1.54, 1.807) is 0 Å². The Kier molecular flexibility index (Phi) is 2.16. The molecule has 2 aliphatic rings. The molecule has 3 heteroatoms. The predicted octanol–water partition coefficient (Wildman–Crippen LogP) is 0.480. The molecule has 0 saturated carbocycles. The molecule has 0 aliphatic carbocycles. The van der Waals surface area contributed by atoms with Crippen LogP contribution in [-0.4, -0.2) is 36.8 Å². The lowest BCUT2D eigenvalue weighted by Gasteiger charge is -2.38. The summed E-state index contributed by atoms with van der Waals surface area (Å²) in [5.74, 6) is 2.51. The molecule has 10 heavy (non-hydrogen) atoms. The summed E-state index contributed by atoms with van der Waals surface area (Å²) >= 11 is 2.05. The summed E-state index contributed by atoms with van der Waals surface area (Å²) in [6.45, 7) is 2.04. The summed E-state index contributed by atoms with van der Waals surface area (Å²) in [7, 11) is 0. The van der Waals surface area contributed by atoms with E-state index in [0.717, 1.165) is 13.2 Å². The van der Waals surface area contributed by atoms with E-state index in [1.807, 2.05) is 11.8 Å². The average Bonchev–Trinajstić information content (AvgIpc) is 1.89. The fourth-order valence-electron chi connectivity index (χ4n) is 1.33. The SMILES string of the molecule is C1COC2CNC2CSC1. The van der Waals surface area contributed by atoms with E-state index in [4.69, 9.17) is 4.74 Å². The van der Waals surface area contributed by atoms with Crippen LogP contribution in [0.1, 0.15) is 6.42 Å². The number of thioether (sulfide) groups is 1. The van der Waals surface area contributed by atoms with Gasteiger partial charge >= 0.3 is 0 Å². The van der Waals surface area contributed by atoms with Gasteiger partial charge in [0.05, 0.1) is 6.10 Å². The highest BCUT2D eigenvalue weighted by Gasteiger charge is 2.31. The molecule has 0 aromatic rings. The lowest BCUT2D eigenvalue weighted by molar-refractivity contribution is -0.0113. The topological polar surface area (TPSA) is 21.3 Å². The Bertz CT molecular complexity index is 106. The van der Waals surface area contributed by atoms with E-state index in [2.05, 4.69) is 5.32 Å². The molecule has 0 amide bonds. The number of rotatable bonds is 0. The molecule has 0 aromatic heterocycles. The van der Waals surface area contributed by atoms with Gasteiger partial charge in [-0.2, -0.15) is 11.8 Å².